The lowest BCUT2D eigenvalue weighted by Crippen LogP contribution is -2.36. The summed E-state index contributed by atoms with van der Waals surface area (Å²) in [5, 5.41) is 0.511. The van der Waals surface area contributed by atoms with E-state index in [1.54, 1.807) is 41.2 Å². The minimum atomic E-state index is -0.377. The van der Waals surface area contributed by atoms with Crippen LogP contribution in [0.1, 0.15) is 27.4 Å². The average Bonchev–Trinajstić information content (AvgIpc) is 3.28. The van der Waals surface area contributed by atoms with E-state index in [0.717, 1.165) is 16.9 Å². The molecule has 0 saturated carbocycles. The highest BCUT2D eigenvalue weighted by Crippen LogP contribution is 2.39. The van der Waals surface area contributed by atoms with Crippen LogP contribution in [0.2, 0.25) is 5.02 Å². The zero-order valence-corrected chi connectivity index (χ0v) is 19.5. The molecule has 0 unspecified atom stereocenters. The summed E-state index contributed by atoms with van der Waals surface area (Å²) < 4.78 is 5.59. The standard InChI is InChI=1S/C27H27ClN2O3/c1-29(16-19-9-4-3-5-10-19)27(32)24-18-30(26(31)20-11-8-12-21(28)15-20)17-23(24)22-13-6-7-14-25(22)33-2/h3-15,23-24H,16-18H2,1-2H3/t23-,24-/m0/s1. The predicted molar refractivity (Wildman–Crippen MR) is 129 cm³/mol. The second-order valence-corrected chi connectivity index (χ2v) is 8.79. The Morgan fingerprint density at radius 1 is 1.00 bits per heavy atom. The molecule has 6 heteroatoms. The molecule has 0 aromatic heterocycles. The van der Waals surface area contributed by atoms with Crippen molar-refractivity contribution >= 4 is 23.4 Å². The van der Waals surface area contributed by atoms with Crippen molar-refractivity contribution < 1.29 is 14.3 Å². The number of carbonyl (C=O) groups excluding carboxylic acids is 2. The van der Waals surface area contributed by atoms with Gasteiger partial charge in [0.2, 0.25) is 5.91 Å². The number of hydrogen-bond acceptors (Lipinski definition) is 3. The van der Waals surface area contributed by atoms with Gasteiger partial charge in [-0.2, -0.15) is 0 Å². The molecule has 0 N–H and O–H groups in total. The highest BCUT2D eigenvalue weighted by Gasteiger charge is 2.42. The molecule has 4 rings (SSSR count). The second-order valence-electron chi connectivity index (χ2n) is 8.36. The summed E-state index contributed by atoms with van der Waals surface area (Å²) in [5.41, 5.74) is 2.52. The number of benzene rings is 3. The third kappa shape index (κ3) is 5.04. The number of ether oxygens (including phenoxy) is 1. The lowest BCUT2D eigenvalue weighted by Gasteiger charge is -2.25. The van der Waals surface area contributed by atoms with Gasteiger partial charge in [-0.3, -0.25) is 9.59 Å². The normalized spacial score (nSPS) is 17.6. The topological polar surface area (TPSA) is 49.9 Å². The molecule has 0 bridgehead atoms. The van der Waals surface area contributed by atoms with Crippen LogP contribution in [0.5, 0.6) is 5.75 Å². The Morgan fingerprint density at radius 3 is 2.45 bits per heavy atom. The Hall–Kier alpha value is -3.31. The van der Waals surface area contributed by atoms with Gasteiger partial charge in [0.05, 0.1) is 13.0 Å². The first-order chi connectivity index (χ1) is 16.0. The van der Waals surface area contributed by atoms with Crippen molar-refractivity contribution in [2.75, 3.05) is 27.2 Å². The number of rotatable bonds is 6. The van der Waals surface area contributed by atoms with E-state index < -0.39 is 0 Å². The van der Waals surface area contributed by atoms with Crippen molar-refractivity contribution in [3.05, 3.63) is 101 Å². The lowest BCUT2D eigenvalue weighted by molar-refractivity contribution is -0.134. The van der Waals surface area contributed by atoms with Gasteiger partial charge in [0.25, 0.3) is 5.91 Å². The zero-order chi connectivity index (χ0) is 23.4. The first-order valence-corrected chi connectivity index (χ1v) is 11.3. The molecular formula is C27H27ClN2O3. The fourth-order valence-electron chi connectivity index (χ4n) is 4.53. The minimum Gasteiger partial charge on any atom is -0.496 e. The van der Waals surface area contributed by atoms with Gasteiger partial charge in [0.15, 0.2) is 0 Å². The van der Waals surface area contributed by atoms with E-state index in [1.807, 2.05) is 61.6 Å². The predicted octanol–water partition coefficient (Wildman–Crippen LogP) is 4.86. The van der Waals surface area contributed by atoms with Crippen molar-refractivity contribution in [1.82, 2.24) is 9.80 Å². The molecule has 0 radical (unpaired) electrons. The second kappa shape index (κ2) is 10.1. The van der Waals surface area contributed by atoms with E-state index in [1.165, 1.54) is 0 Å². The molecule has 2 atom stereocenters. The Morgan fingerprint density at radius 2 is 1.73 bits per heavy atom. The molecule has 33 heavy (non-hydrogen) atoms. The molecule has 1 aliphatic heterocycles. The summed E-state index contributed by atoms with van der Waals surface area (Å²) in [6.45, 7) is 1.28. The Bertz CT molecular complexity index is 1130. The fourth-order valence-corrected chi connectivity index (χ4v) is 4.72. The van der Waals surface area contributed by atoms with Gasteiger partial charge in [-0.25, -0.2) is 0 Å². The number of nitrogens with zero attached hydrogens (tertiary/aromatic N) is 2. The van der Waals surface area contributed by atoms with Gasteiger partial charge in [0, 0.05) is 43.2 Å². The molecule has 3 aromatic carbocycles. The summed E-state index contributed by atoms with van der Waals surface area (Å²) in [7, 11) is 3.44. The SMILES string of the molecule is COc1ccccc1[C@@H]1CN(C(=O)c2cccc(Cl)c2)C[C@@H]1C(=O)N(C)Cc1ccccc1. The number of para-hydroxylation sites is 1. The van der Waals surface area contributed by atoms with Gasteiger partial charge < -0.3 is 14.5 Å². The molecule has 0 spiro atoms. The van der Waals surface area contributed by atoms with Crippen LogP contribution in [0.15, 0.2) is 78.9 Å². The summed E-state index contributed by atoms with van der Waals surface area (Å²) in [4.78, 5) is 30.4. The van der Waals surface area contributed by atoms with Crippen LogP contribution >= 0.6 is 11.6 Å². The average molecular weight is 463 g/mol. The number of likely N-dealkylation sites (tertiary alicyclic amines) is 1. The number of hydrogen-bond donors (Lipinski definition) is 0. The van der Waals surface area contributed by atoms with Crippen LogP contribution in [-0.2, 0) is 11.3 Å². The first-order valence-electron chi connectivity index (χ1n) is 10.9. The smallest absolute Gasteiger partial charge is 0.253 e. The Labute approximate surface area is 199 Å². The molecule has 1 aliphatic rings. The van der Waals surface area contributed by atoms with Crippen molar-refractivity contribution in [2.45, 2.75) is 12.5 Å². The van der Waals surface area contributed by atoms with E-state index in [2.05, 4.69) is 0 Å². The van der Waals surface area contributed by atoms with E-state index in [-0.39, 0.29) is 23.7 Å². The van der Waals surface area contributed by atoms with Gasteiger partial charge in [-0.1, -0.05) is 66.2 Å². The highest BCUT2D eigenvalue weighted by molar-refractivity contribution is 6.30. The largest absolute Gasteiger partial charge is 0.496 e. The van der Waals surface area contributed by atoms with Crippen LogP contribution < -0.4 is 4.74 Å². The number of methoxy groups -OCH3 is 1. The van der Waals surface area contributed by atoms with Crippen LogP contribution in [0.3, 0.4) is 0 Å². The minimum absolute atomic E-state index is 0.0103. The van der Waals surface area contributed by atoms with Crippen LogP contribution in [0.4, 0.5) is 0 Å². The van der Waals surface area contributed by atoms with Crippen LogP contribution in [0, 0.1) is 5.92 Å². The van der Waals surface area contributed by atoms with E-state index in [4.69, 9.17) is 16.3 Å². The zero-order valence-electron chi connectivity index (χ0n) is 18.8. The number of carbonyl (C=O) groups is 2. The van der Waals surface area contributed by atoms with Crippen molar-refractivity contribution in [3.8, 4) is 5.75 Å². The molecule has 2 amide bonds. The van der Waals surface area contributed by atoms with E-state index in [9.17, 15) is 9.59 Å². The summed E-state index contributed by atoms with van der Waals surface area (Å²) in [6.07, 6.45) is 0. The monoisotopic (exact) mass is 462 g/mol. The molecule has 1 fully saturated rings. The van der Waals surface area contributed by atoms with Crippen LogP contribution in [0.25, 0.3) is 0 Å². The molecular weight excluding hydrogens is 436 g/mol. The third-order valence-electron chi connectivity index (χ3n) is 6.17. The molecule has 0 aliphatic carbocycles. The van der Waals surface area contributed by atoms with Crippen molar-refractivity contribution in [3.63, 3.8) is 0 Å². The number of amides is 2. The maximum atomic E-state index is 13.6. The third-order valence-corrected chi connectivity index (χ3v) is 6.41. The fraction of sp³-hybridized carbons (Fsp3) is 0.259. The van der Waals surface area contributed by atoms with Gasteiger partial charge in [-0.05, 0) is 35.4 Å². The van der Waals surface area contributed by atoms with Crippen molar-refractivity contribution in [1.29, 1.82) is 0 Å². The molecule has 5 nitrogen and oxygen atoms in total. The molecule has 3 aromatic rings. The quantitative estimate of drug-likeness (QED) is 0.525. The molecule has 1 heterocycles. The van der Waals surface area contributed by atoms with E-state index in [0.29, 0.717) is 30.2 Å². The van der Waals surface area contributed by atoms with Crippen molar-refractivity contribution in [2.24, 2.45) is 5.92 Å². The van der Waals surface area contributed by atoms with Crippen LogP contribution in [-0.4, -0.2) is 48.9 Å². The molecule has 170 valence electrons. The van der Waals surface area contributed by atoms with Gasteiger partial charge in [0.1, 0.15) is 5.75 Å². The van der Waals surface area contributed by atoms with Gasteiger partial charge in [-0.15, -0.1) is 0 Å². The Balaban J connectivity index is 1.63. The first kappa shape index (κ1) is 22.9. The highest BCUT2D eigenvalue weighted by atomic mass is 35.5. The van der Waals surface area contributed by atoms with Gasteiger partial charge >= 0.3 is 0 Å². The Kier molecular flexibility index (Phi) is 6.99. The molecule has 1 saturated heterocycles. The van der Waals surface area contributed by atoms with E-state index >= 15 is 0 Å². The number of halogens is 1. The maximum absolute atomic E-state index is 13.6. The lowest BCUT2D eigenvalue weighted by atomic mass is 9.87. The summed E-state index contributed by atoms with van der Waals surface area (Å²) in [5.74, 6) is 0.0609. The maximum Gasteiger partial charge on any atom is 0.253 e. The summed E-state index contributed by atoms with van der Waals surface area (Å²) >= 11 is 6.11. The summed E-state index contributed by atoms with van der Waals surface area (Å²) in [6, 6.07) is 24.5.